The summed E-state index contributed by atoms with van der Waals surface area (Å²) < 4.78 is 2.77. The van der Waals surface area contributed by atoms with E-state index in [2.05, 4.69) is 76.9 Å². The van der Waals surface area contributed by atoms with Crippen LogP contribution in [0.5, 0.6) is 0 Å². The Kier molecular flexibility index (Phi) is 5.08. The molecule has 0 radical (unpaired) electrons. The molecule has 0 saturated heterocycles. The van der Waals surface area contributed by atoms with Gasteiger partial charge in [0.1, 0.15) is 16.5 Å². The molecule has 0 bridgehead atoms. The van der Waals surface area contributed by atoms with Crippen molar-refractivity contribution in [1.29, 1.82) is 0 Å². The first-order valence-corrected chi connectivity index (χ1v) is 12.8. The highest BCUT2D eigenvalue weighted by Gasteiger charge is 2.44. The van der Waals surface area contributed by atoms with E-state index < -0.39 is 16.5 Å². The van der Waals surface area contributed by atoms with Crippen molar-refractivity contribution in [2.45, 2.75) is 71.9 Å². The van der Waals surface area contributed by atoms with Crippen LogP contribution in [0.3, 0.4) is 0 Å². The third kappa shape index (κ3) is 3.77. The molecule has 0 aromatic heterocycles. The molecule has 0 rings (SSSR count). The summed E-state index contributed by atoms with van der Waals surface area (Å²) in [6.07, 6.45) is 5.85. The van der Waals surface area contributed by atoms with Crippen LogP contribution in [0.15, 0.2) is 12.3 Å². The summed E-state index contributed by atoms with van der Waals surface area (Å²) in [6, 6.07) is 0. The molecule has 0 heterocycles. The normalized spacial score (nSPS) is 14.6. The van der Waals surface area contributed by atoms with Crippen LogP contribution in [0, 0.1) is 0 Å². The first-order valence-electron chi connectivity index (χ1n) is 6.40. The van der Waals surface area contributed by atoms with Crippen molar-refractivity contribution in [2.75, 3.05) is 0 Å². The van der Waals surface area contributed by atoms with Gasteiger partial charge in [0.05, 0.1) is 0 Å². The average molecular weight is 258 g/mol. The maximum atomic E-state index is 2.77. The van der Waals surface area contributed by atoms with E-state index in [0.29, 0.717) is 5.04 Å². The Balaban J connectivity index is 5.28. The van der Waals surface area contributed by atoms with Gasteiger partial charge in [-0.15, -0.1) is 0 Å². The Morgan fingerprint density at radius 2 is 1.44 bits per heavy atom. The molecule has 0 N–H and O–H groups in total. The van der Waals surface area contributed by atoms with Crippen LogP contribution in [0.1, 0.15) is 34.1 Å². The second-order valence-corrected chi connectivity index (χ2v) is 17.5. The number of nitrogens with zero attached hydrogens (tertiary/aromatic N) is 1. The van der Waals surface area contributed by atoms with Crippen LogP contribution in [0.25, 0.3) is 0 Å². The lowest BCUT2D eigenvalue weighted by Gasteiger charge is -2.51. The topological polar surface area (TPSA) is 3.24 Å². The van der Waals surface area contributed by atoms with Gasteiger partial charge in [-0.3, -0.25) is 0 Å². The van der Waals surface area contributed by atoms with Gasteiger partial charge in [-0.2, -0.15) is 0 Å². The summed E-state index contributed by atoms with van der Waals surface area (Å²) in [4.78, 5) is 0. The van der Waals surface area contributed by atoms with Gasteiger partial charge in [-0.1, -0.05) is 66.5 Å². The van der Waals surface area contributed by atoms with Crippen LogP contribution >= 0.6 is 0 Å². The zero-order valence-corrected chi connectivity index (χ0v) is 14.8. The fourth-order valence-corrected chi connectivity index (χ4v) is 11.3. The SMILES string of the molecule is CCC=CN([Si](C)(C)C)[Si](C)(C)C(C)(C)C. The van der Waals surface area contributed by atoms with Crippen LogP contribution in [0.2, 0.25) is 37.8 Å². The Morgan fingerprint density at radius 1 is 1.00 bits per heavy atom. The summed E-state index contributed by atoms with van der Waals surface area (Å²) in [6.45, 7) is 21.8. The monoisotopic (exact) mass is 257 g/mol. The molecular weight excluding hydrogens is 226 g/mol. The maximum Gasteiger partial charge on any atom is 0.146 e. The van der Waals surface area contributed by atoms with Gasteiger partial charge in [0, 0.05) is 0 Å². The van der Waals surface area contributed by atoms with Gasteiger partial charge in [0.2, 0.25) is 0 Å². The van der Waals surface area contributed by atoms with Crippen molar-refractivity contribution in [3.05, 3.63) is 12.3 Å². The minimum Gasteiger partial charge on any atom is -0.430 e. The van der Waals surface area contributed by atoms with Crippen LogP contribution in [0.4, 0.5) is 0 Å². The number of hydrogen-bond donors (Lipinski definition) is 0. The first-order chi connectivity index (χ1) is 6.94. The molecule has 0 aromatic rings. The molecule has 0 spiro atoms. The Bertz CT molecular complexity index is 244. The number of allylic oxidation sites excluding steroid dienone is 1. The molecule has 0 unspecified atom stereocenters. The highest BCUT2D eigenvalue weighted by molar-refractivity contribution is 6.91. The molecule has 0 aromatic carbocycles. The van der Waals surface area contributed by atoms with Crippen LogP contribution in [-0.4, -0.2) is 20.7 Å². The van der Waals surface area contributed by atoms with E-state index in [0.717, 1.165) is 6.42 Å². The third-order valence-electron chi connectivity index (χ3n) is 3.65. The molecular formula is C13H31NSi2. The molecule has 0 aliphatic heterocycles. The van der Waals surface area contributed by atoms with E-state index in [-0.39, 0.29) is 0 Å². The lowest BCUT2D eigenvalue weighted by molar-refractivity contribution is 0.644. The lowest BCUT2D eigenvalue weighted by Crippen LogP contribution is -2.61. The summed E-state index contributed by atoms with van der Waals surface area (Å²) in [5.74, 6) is 0. The molecule has 0 aliphatic carbocycles. The second-order valence-electron chi connectivity index (χ2n) is 7.14. The quantitative estimate of drug-likeness (QED) is 0.637. The first kappa shape index (κ1) is 16.0. The van der Waals surface area contributed by atoms with Crippen molar-refractivity contribution in [2.24, 2.45) is 0 Å². The zero-order valence-electron chi connectivity index (χ0n) is 12.8. The standard InChI is InChI=1S/C13H31NSi2/c1-10-11-12-14(15(5,6)7)16(8,9)13(2,3)4/h11-12H,10H2,1-9H3. The predicted molar refractivity (Wildman–Crippen MR) is 81.8 cm³/mol. The summed E-state index contributed by atoms with van der Waals surface area (Å²) in [5, 5.41) is 0.422. The number of rotatable bonds is 4. The van der Waals surface area contributed by atoms with Gasteiger partial charge in [-0.05, 0) is 17.7 Å². The van der Waals surface area contributed by atoms with E-state index in [1.165, 1.54) is 0 Å². The van der Waals surface area contributed by atoms with E-state index >= 15 is 0 Å². The van der Waals surface area contributed by atoms with Gasteiger partial charge >= 0.3 is 0 Å². The highest BCUT2D eigenvalue weighted by Crippen LogP contribution is 2.40. The van der Waals surface area contributed by atoms with Crippen molar-refractivity contribution in [3.8, 4) is 0 Å². The molecule has 3 heteroatoms. The summed E-state index contributed by atoms with van der Waals surface area (Å²) in [5.41, 5.74) is 0. The average Bonchev–Trinajstić information content (AvgIpc) is 1.99. The van der Waals surface area contributed by atoms with E-state index in [1.54, 1.807) is 0 Å². The van der Waals surface area contributed by atoms with Gasteiger partial charge < -0.3 is 4.23 Å². The number of hydrogen-bond acceptors (Lipinski definition) is 1. The smallest absolute Gasteiger partial charge is 0.146 e. The largest absolute Gasteiger partial charge is 0.430 e. The van der Waals surface area contributed by atoms with E-state index in [4.69, 9.17) is 0 Å². The fourth-order valence-electron chi connectivity index (χ4n) is 1.82. The second kappa shape index (κ2) is 5.09. The van der Waals surface area contributed by atoms with E-state index in [1.807, 2.05) is 0 Å². The molecule has 0 aliphatic rings. The highest BCUT2D eigenvalue weighted by atomic mass is 28.4. The molecule has 96 valence electrons. The van der Waals surface area contributed by atoms with Gasteiger partial charge in [0.25, 0.3) is 0 Å². The minimum absolute atomic E-state index is 0.422. The minimum atomic E-state index is -1.40. The third-order valence-corrected chi connectivity index (χ3v) is 14.0. The van der Waals surface area contributed by atoms with Crippen LogP contribution < -0.4 is 0 Å². The Morgan fingerprint density at radius 3 is 1.69 bits per heavy atom. The van der Waals surface area contributed by atoms with Gasteiger partial charge in [-0.25, -0.2) is 0 Å². The summed E-state index contributed by atoms with van der Waals surface area (Å²) in [7, 11) is -2.66. The predicted octanol–water partition coefficient (Wildman–Crippen LogP) is 5.05. The molecule has 1 nitrogen and oxygen atoms in total. The fraction of sp³-hybridized carbons (Fsp3) is 0.846. The van der Waals surface area contributed by atoms with Crippen molar-refractivity contribution in [3.63, 3.8) is 0 Å². The van der Waals surface area contributed by atoms with Crippen molar-refractivity contribution in [1.82, 2.24) is 4.23 Å². The lowest BCUT2D eigenvalue weighted by atomic mass is 10.2. The zero-order chi connectivity index (χ0) is 13.2. The molecule has 0 saturated carbocycles. The molecule has 0 atom stereocenters. The molecule has 16 heavy (non-hydrogen) atoms. The molecule has 0 fully saturated rings. The Labute approximate surface area is 105 Å². The van der Waals surface area contributed by atoms with Crippen molar-refractivity contribution >= 4 is 16.5 Å². The molecule has 0 amide bonds. The van der Waals surface area contributed by atoms with Crippen LogP contribution in [-0.2, 0) is 0 Å². The maximum absolute atomic E-state index is 2.77. The van der Waals surface area contributed by atoms with E-state index in [9.17, 15) is 0 Å². The van der Waals surface area contributed by atoms with Gasteiger partial charge in [0.15, 0.2) is 0 Å². The van der Waals surface area contributed by atoms with Crippen molar-refractivity contribution < 1.29 is 0 Å². The Hall–Kier alpha value is -0.0262. The summed E-state index contributed by atoms with van der Waals surface area (Å²) >= 11 is 0.